The molecular weight excluding hydrogens is 453 g/mol. The van der Waals surface area contributed by atoms with Crippen LogP contribution in [0.15, 0.2) is 77.4 Å². The summed E-state index contributed by atoms with van der Waals surface area (Å²) < 4.78 is 16.0. The van der Waals surface area contributed by atoms with Crippen molar-refractivity contribution in [3.8, 4) is 11.5 Å². The average molecular weight is 468 g/mol. The number of methoxy groups -OCH3 is 1. The van der Waals surface area contributed by atoms with Crippen LogP contribution in [-0.2, 0) is 9.53 Å². The van der Waals surface area contributed by atoms with Crippen LogP contribution in [0.2, 0.25) is 10.0 Å². The fourth-order valence-electron chi connectivity index (χ4n) is 2.92. The second-order valence-electron chi connectivity index (χ2n) is 6.65. The smallest absolute Gasteiger partial charge is 0.363 e. The van der Waals surface area contributed by atoms with Gasteiger partial charge in [-0.3, -0.25) is 0 Å². The SMILES string of the molecule is COc1cc(/C=C2/N=C(c3cccc(Cl)c3)OC2=O)ccc1OC(=O)c1ccc(Cl)cc1. The van der Waals surface area contributed by atoms with Crippen LogP contribution in [0.3, 0.4) is 0 Å². The monoisotopic (exact) mass is 467 g/mol. The van der Waals surface area contributed by atoms with Gasteiger partial charge in [0.15, 0.2) is 17.2 Å². The van der Waals surface area contributed by atoms with Gasteiger partial charge in [-0.25, -0.2) is 14.6 Å². The maximum Gasteiger partial charge on any atom is 0.363 e. The molecule has 0 amide bonds. The zero-order chi connectivity index (χ0) is 22.7. The minimum Gasteiger partial charge on any atom is -0.493 e. The highest BCUT2D eigenvalue weighted by atomic mass is 35.5. The number of halogens is 2. The van der Waals surface area contributed by atoms with Crippen molar-refractivity contribution in [3.63, 3.8) is 0 Å². The van der Waals surface area contributed by atoms with Gasteiger partial charge in [-0.15, -0.1) is 0 Å². The molecule has 0 aliphatic carbocycles. The number of benzene rings is 3. The molecule has 6 nitrogen and oxygen atoms in total. The molecule has 0 bridgehead atoms. The van der Waals surface area contributed by atoms with Crippen molar-refractivity contribution in [2.75, 3.05) is 7.11 Å². The fraction of sp³-hybridized carbons (Fsp3) is 0.0417. The third-order valence-corrected chi connectivity index (χ3v) is 4.95. The highest BCUT2D eigenvalue weighted by Gasteiger charge is 2.24. The molecule has 0 saturated heterocycles. The molecule has 0 radical (unpaired) electrons. The number of rotatable bonds is 5. The van der Waals surface area contributed by atoms with E-state index in [1.54, 1.807) is 72.8 Å². The molecule has 0 N–H and O–H groups in total. The van der Waals surface area contributed by atoms with E-state index in [1.807, 2.05) is 0 Å². The lowest BCUT2D eigenvalue weighted by Crippen LogP contribution is -2.09. The van der Waals surface area contributed by atoms with E-state index in [2.05, 4.69) is 4.99 Å². The Kier molecular flexibility index (Phi) is 6.25. The van der Waals surface area contributed by atoms with Crippen LogP contribution in [-0.4, -0.2) is 24.9 Å². The minimum atomic E-state index is -0.586. The summed E-state index contributed by atoms with van der Waals surface area (Å²) in [6.45, 7) is 0. The van der Waals surface area contributed by atoms with Crippen LogP contribution in [0.4, 0.5) is 0 Å². The zero-order valence-corrected chi connectivity index (χ0v) is 18.2. The van der Waals surface area contributed by atoms with Crippen LogP contribution in [0, 0.1) is 0 Å². The van der Waals surface area contributed by atoms with Gasteiger partial charge >= 0.3 is 11.9 Å². The number of aliphatic imine (C=N–C) groups is 1. The predicted molar refractivity (Wildman–Crippen MR) is 121 cm³/mol. The fourth-order valence-corrected chi connectivity index (χ4v) is 3.23. The van der Waals surface area contributed by atoms with Crippen LogP contribution < -0.4 is 9.47 Å². The quantitative estimate of drug-likeness (QED) is 0.278. The largest absolute Gasteiger partial charge is 0.493 e. The summed E-state index contributed by atoms with van der Waals surface area (Å²) >= 11 is 11.8. The first-order valence-corrected chi connectivity index (χ1v) is 10.1. The topological polar surface area (TPSA) is 74.2 Å². The van der Waals surface area contributed by atoms with E-state index < -0.39 is 11.9 Å². The van der Waals surface area contributed by atoms with Gasteiger partial charge in [-0.2, -0.15) is 0 Å². The Morgan fingerprint density at radius 3 is 2.47 bits per heavy atom. The van der Waals surface area contributed by atoms with Gasteiger partial charge in [0.2, 0.25) is 5.90 Å². The molecule has 1 aliphatic rings. The lowest BCUT2D eigenvalue weighted by molar-refractivity contribution is -0.129. The summed E-state index contributed by atoms with van der Waals surface area (Å²) in [6.07, 6.45) is 1.55. The highest BCUT2D eigenvalue weighted by Crippen LogP contribution is 2.30. The van der Waals surface area contributed by atoms with Gasteiger partial charge in [0.1, 0.15) is 0 Å². The number of cyclic esters (lactones) is 1. The molecule has 4 rings (SSSR count). The molecule has 1 aliphatic heterocycles. The summed E-state index contributed by atoms with van der Waals surface area (Å²) in [4.78, 5) is 28.9. The van der Waals surface area contributed by atoms with Gasteiger partial charge in [0.25, 0.3) is 0 Å². The Hall–Kier alpha value is -3.61. The molecule has 0 spiro atoms. The summed E-state index contributed by atoms with van der Waals surface area (Å²) in [6, 6.07) is 18.1. The minimum absolute atomic E-state index is 0.118. The second-order valence-corrected chi connectivity index (χ2v) is 7.53. The lowest BCUT2D eigenvalue weighted by Gasteiger charge is -2.10. The number of nitrogens with zero attached hydrogens (tertiary/aromatic N) is 1. The molecule has 0 atom stereocenters. The van der Waals surface area contributed by atoms with E-state index in [0.29, 0.717) is 32.5 Å². The number of ether oxygens (including phenoxy) is 3. The van der Waals surface area contributed by atoms with E-state index in [4.69, 9.17) is 37.4 Å². The highest BCUT2D eigenvalue weighted by molar-refractivity contribution is 6.31. The first-order valence-electron chi connectivity index (χ1n) is 9.37. The Labute approximate surface area is 193 Å². The summed E-state index contributed by atoms with van der Waals surface area (Å²) in [5.74, 6) is -0.429. The zero-order valence-electron chi connectivity index (χ0n) is 16.7. The summed E-state index contributed by atoms with van der Waals surface area (Å²) in [7, 11) is 1.45. The standard InChI is InChI=1S/C24H15Cl2NO5/c1-30-21-12-14(5-10-20(21)31-23(28)15-6-8-17(25)9-7-15)11-19-24(29)32-22(27-19)16-3-2-4-18(26)13-16/h2-13H,1H3/b19-11+. The third-order valence-electron chi connectivity index (χ3n) is 4.47. The van der Waals surface area contributed by atoms with Crippen molar-refractivity contribution in [1.29, 1.82) is 0 Å². The number of hydrogen-bond donors (Lipinski definition) is 0. The molecule has 0 unspecified atom stereocenters. The molecule has 0 aromatic heterocycles. The molecule has 1 heterocycles. The number of hydrogen-bond acceptors (Lipinski definition) is 6. The molecule has 0 saturated carbocycles. The van der Waals surface area contributed by atoms with E-state index in [9.17, 15) is 9.59 Å². The maximum absolute atomic E-state index is 12.4. The molecule has 3 aromatic carbocycles. The number of carbonyl (C=O) groups excluding carboxylic acids is 2. The van der Waals surface area contributed by atoms with Gasteiger partial charge in [-0.05, 0) is 66.2 Å². The van der Waals surface area contributed by atoms with E-state index in [-0.39, 0.29) is 17.3 Å². The Balaban J connectivity index is 1.57. The van der Waals surface area contributed by atoms with Gasteiger partial charge < -0.3 is 14.2 Å². The molecule has 0 fully saturated rings. The van der Waals surface area contributed by atoms with Gasteiger partial charge in [0, 0.05) is 15.6 Å². The first kappa shape index (κ1) is 21.6. The van der Waals surface area contributed by atoms with E-state index in [0.717, 1.165) is 0 Å². The Morgan fingerprint density at radius 1 is 0.969 bits per heavy atom. The van der Waals surface area contributed by atoms with Crippen molar-refractivity contribution in [1.82, 2.24) is 0 Å². The lowest BCUT2D eigenvalue weighted by atomic mass is 10.1. The average Bonchev–Trinajstić information content (AvgIpc) is 3.15. The van der Waals surface area contributed by atoms with Crippen molar-refractivity contribution < 1.29 is 23.8 Å². The van der Waals surface area contributed by atoms with Crippen molar-refractivity contribution >= 4 is 47.1 Å². The number of carbonyl (C=O) groups is 2. The molecule has 3 aromatic rings. The Bertz CT molecular complexity index is 1270. The Morgan fingerprint density at radius 2 is 1.75 bits per heavy atom. The van der Waals surface area contributed by atoms with Crippen LogP contribution in [0.25, 0.3) is 6.08 Å². The first-order chi connectivity index (χ1) is 15.4. The van der Waals surface area contributed by atoms with Gasteiger partial charge in [-0.1, -0.05) is 35.3 Å². The van der Waals surface area contributed by atoms with Gasteiger partial charge in [0.05, 0.1) is 12.7 Å². The van der Waals surface area contributed by atoms with Crippen LogP contribution in [0.5, 0.6) is 11.5 Å². The third kappa shape index (κ3) is 4.82. The maximum atomic E-state index is 12.4. The molecular formula is C24H15Cl2NO5. The molecule has 32 heavy (non-hydrogen) atoms. The van der Waals surface area contributed by atoms with Crippen molar-refractivity contribution in [2.45, 2.75) is 0 Å². The normalized spacial score (nSPS) is 14.2. The van der Waals surface area contributed by atoms with E-state index >= 15 is 0 Å². The summed E-state index contributed by atoms with van der Waals surface area (Å²) in [5, 5.41) is 1.02. The second kappa shape index (κ2) is 9.26. The predicted octanol–water partition coefficient (Wildman–Crippen LogP) is 5.57. The van der Waals surface area contributed by atoms with Crippen LogP contribution >= 0.6 is 23.2 Å². The van der Waals surface area contributed by atoms with E-state index in [1.165, 1.54) is 7.11 Å². The van der Waals surface area contributed by atoms with Crippen LogP contribution in [0.1, 0.15) is 21.5 Å². The summed E-state index contributed by atoms with van der Waals surface area (Å²) in [5.41, 5.74) is 1.67. The number of esters is 2. The molecule has 8 heteroatoms. The molecule has 160 valence electrons. The van der Waals surface area contributed by atoms with Crippen molar-refractivity contribution in [3.05, 3.63) is 99.2 Å². The van der Waals surface area contributed by atoms with Crippen molar-refractivity contribution in [2.24, 2.45) is 4.99 Å².